The van der Waals surface area contributed by atoms with Gasteiger partial charge < -0.3 is 10.1 Å². The maximum Gasteiger partial charge on any atom is 0.220 e. The number of carbonyl (C=O) groups excluding carboxylic acids is 1. The molecular formula is C21H22ClF2NO2. The Bertz CT molecular complexity index is 786. The summed E-state index contributed by atoms with van der Waals surface area (Å²) >= 11 is 6.15. The molecule has 3 rings (SSSR count). The monoisotopic (exact) mass is 393 g/mol. The number of hydrogen-bond acceptors (Lipinski definition) is 2. The van der Waals surface area contributed by atoms with Crippen molar-refractivity contribution < 1.29 is 18.3 Å². The van der Waals surface area contributed by atoms with Crippen molar-refractivity contribution in [1.82, 2.24) is 5.32 Å². The molecule has 27 heavy (non-hydrogen) atoms. The fourth-order valence-electron chi connectivity index (χ4n) is 3.51. The Morgan fingerprint density at radius 2 is 1.78 bits per heavy atom. The maximum absolute atomic E-state index is 13.7. The second-order valence-corrected chi connectivity index (χ2v) is 7.32. The Balaban J connectivity index is 1.64. The van der Waals surface area contributed by atoms with E-state index in [0.29, 0.717) is 24.8 Å². The van der Waals surface area contributed by atoms with Gasteiger partial charge in [0.15, 0.2) is 0 Å². The average Bonchev–Trinajstić information content (AvgIpc) is 2.67. The van der Waals surface area contributed by atoms with E-state index in [0.717, 1.165) is 18.4 Å². The van der Waals surface area contributed by atoms with Gasteiger partial charge in [0, 0.05) is 42.2 Å². The van der Waals surface area contributed by atoms with E-state index in [4.69, 9.17) is 16.3 Å². The van der Waals surface area contributed by atoms with Crippen LogP contribution in [0.25, 0.3) is 0 Å². The molecule has 1 saturated heterocycles. The van der Waals surface area contributed by atoms with Crippen LogP contribution in [0.3, 0.4) is 0 Å². The Kier molecular flexibility index (Phi) is 6.45. The largest absolute Gasteiger partial charge is 0.381 e. The fourth-order valence-corrected chi connectivity index (χ4v) is 3.70. The Morgan fingerprint density at radius 3 is 2.44 bits per heavy atom. The Labute approximate surface area is 162 Å². The molecule has 1 amide bonds. The van der Waals surface area contributed by atoms with E-state index < -0.39 is 11.6 Å². The molecule has 6 heteroatoms. The normalized spacial score (nSPS) is 16.1. The lowest BCUT2D eigenvalue weighted by Gasteiger charge is -2.38. The van der Waals surface area contributed by atoms with Crippen LogP contribution < -0.4 is 5.32 Å². The summed E-state index contributed by atoms with van der Waals surface area (Å²) in [6.07, 6.45) is 1.60. The van der Waals surface area contributed by atoms with Gasteiger partial charge in [-0.05, 0) is 49.1 Å². The summed E-state index contributed by atoms with van der Waals surface area (Å²) in [6.45, 7) is 1.67. The van der Waals surface area contributed by atoms with Gasteiger partial charge in [0.1, 0.15) is 11.6 Å². The second kappa shape index (κ2) is 8.81. The number of carbonyl (C=O) groups is 1. The van der Waals surface area contributed by atoms with Gasteiger partial charge in [-0.2, -0.15) is 0 Å². The second-order valence-electron chi connectivity index (χ2n) is 6.88. The van der Waals surface area contributed by atoms with Gasteiger partial charge in [-0.3, -0.25) is 4.79 Å². The first-order chi connectivity index (χ1) is 13.0. The molecule has 0 unspecified atom stereocenters. The van der Waals surface area contributed by atoms with Gasteiger partial charge in [0.05, 0.1) is 0 Å². The number of benzene rings is 2. The van der Waals surface area contributed by atoms with Crippen molar-refractivity contribution in [3.8, 4) is 0 Å². The molecule has 1 heterocycles. The van der Waals surface area contributed by atoms with Crippen molar-refractivity contribution in [3.63, 3.8) is 0 Å². The van der Waals surface area contributed by atoms with Crippen LogP contribution in [-0.2, 0) is 21.4 Å². The highest BCUT2D eigenvalue weighted by Gasteiger charge is 2.35. The van der Waals surface area contributed by atoms with Gasteiger partial charge in [0.2, 0.25) is 5.91 Å². The summed E-state index contributed by atoms with van der Waals surface area (Å²) in [6, 6.07) is 11.4. The van der Waals surface area contributed by atoms with Crippen molar-refractivity contribution in [3.05, 3.63) is 70.2 Å². The number of ether oxygens (including phenoxy) is 1. The van der Waals surface area contributed by atoms with Crippen molar-refractivity contribution in [2.75, 3.05) is 19.8 Å². The molecule has 0 aliphatic carbocycles. The van der Waals surface area contributed by atoms with Gasteiger partial charge in [0.25, 0.3) is 0 Å². The van der Waals surface area contributed by atoms with Gasteiger partial charge >= 0.3 is 0 Å². The van der Waals surface area contributed by atoms with Crippen LogP contribution in [-0.4, -0.2) is 25.7 Å². The van der Waals surface area contributed by atoms with E-state index in [2.05, 4.69) is 5.32 Å². The van der Waals surface area contributed by atoms with Crippen molar-refractivity contribution >= 4 is 17.5 Å². The topological polar surface area (TPSA) is 38.3 Å². The van der Waals surface area contributed by atoms with E-state index in [1.165, 1.54) is 18.2 Å². The highest BCUT2D eigenvalue weighted by Crippen LogP contribution is 2.35. The zero-order valence-corrected chi connectivity index (χ0v) is 15.7. The van der Waals surface area contributed by atoms with Crippen LogP contribution in [0.15, 0.2) is 42.5 Å². The third kappa shape index (κ3) is 4.85. The first-order valence-corrected chi connectivity index (χ1v) is 9.41. The molecule has 0 spiro atoms. The molecule has 3 nitrogen and oxygen atoms in total. The summed E-state index contributed by atoms with van der Waals surface area (Å²) in [5.41, 5.74) is 0.768. The van der Waals surface area contributed by atoms with E-state index in [1.807, 2.05) is 24.3 Å². The van der Waals surface area contributed by atoms with E-state index >= 15 is 0 Å². The summed E-state index contributed by atoms with van der Waals surface area (Å²) in [4.78, 5) is 12.3. The van der Waals surface area contributed by atoms with Crippen LogP contribution in [0.5, 0.6) is 0 Å². The zero-order chi connectivity index (χ0) is 19.3. The van der Waals surface area contributed by atoms with Crippen molar-refractivity contribution in [2.45, 2.75) is 31.1 Å². The molecule has 1 fully saturated rings. The van der Waals surface area contributed by atoms with Crippen LogP contribution in [0.4, 0.5) is 8.78 Å². The van der Waals surface area contributed by atoms with E-state index in [-0.39, 0.29) is 29.7 Å². The first kappa shape index (κ1) is 19.8. The summed E-state index contributed by atoms with van der Waals surface area (Å²) < 4.78 is 32.9. The summed E-state index contributed by atoms with van der Waals surface area (Å²) in [5.74, 6) is -1.48. The molecular weight excluding hydrogens is 372 g/mol. The third-order valence-electron chi connectivity index (χ3n) is 5.17. The predicted octanol–water partition coefficient (Wildman–Crippen LogP) is 4.42. The highest BCUT2D eigenvalue weighted by molar-refractivity contribution is 6.30. The molecule has 0 aromatic heterocycles. The number of rotatable bonds is 6. The number of hydrogen-bond donors (Lipinski definition) is 1. The van der Waals surface area contributed by atoms with Crippen molar-refractivity contribution in [1.29, 1.82) is 0 Å². The van der Waals surface area contributed by atoms with Gasteiger partial charge in [-0.15, -0.1) is 0 Å². The number of halogens is 3. The molecule has 2 aromatic rings. The maximum atomic E-state index is 13.7. The number of nitrogens with one attached hydrogen (secondary N) is 1. The lowest BCUT2D eigenvalue weighted by Crippen LogP contribution is -2.44. The van der Waals surface area contributed by atoms with E-state index in [1.54, 1.807) is 0 Å². The molecule has 1 aliphatic heterocycles. The Morgan fingerprint density at radius 1 is 1.11 bits per heavy atom. The minimum atomic E-state index is -0.623. The van der Waals surface area contributed by atoms with Crippen LogP contribution in [0, 0.1) is 11.6 Å². The SMILES string of the molecule is O=C(CCc1c(F)cccc1F)NCC1(c2cccc(Cl)c2)CCOCC1. The van der Waals surface area contributed by atoms with E-state index in [9.17, 15) is 13.6 Å². The van der Waals surface area contributed by atoms with Crippen LogP contribution in [0.1, 0.15) is 30.4 Å². The number of amides is 1. The minimum Gasteiger partial charge on any atom is -0.381 e. The third-order valence-corrected chi connectivity index (χ3v) is 5.41. The van der Waals surface area contributed by atoms with Gasteiger partial charge in [-0.1, -0.05) is 29.8 Å². The van der Waals surface area contributed by atoms with Gasteiger partial charge in [-0.25, -0.2) is 8.78 Å². The molecule has 0 saturated carbocycles. The molecule has 2 aromatic carbocycles. The molecule has 0 bridgehead atoms. The molecule has 1 N–H and O–H groups in total. The zero-order valence-electron chi connectivity index (χ0n) is 14.9. The van der Waals surface area contributed by atoms with Crippen LogP contribution in [0.2, 0.25) is 5.02 Å². The van der Waals surface area contributed by atoms with Crippen molar-refractivity contribution in [2.24, 2.45) is 0 Å². The summed E-state index contributed by atoms with van der Waals surface area (Å²) in [5, 5.41) is 3.59. The Hall–Kier alpha value is -1.98. The lowest BCUT2D eigenvalue weighted by molar-refractivity contribution is -0.121. The molecule has 0 radical (unpaired) electrons. The minimum absolute atomic E-state index is 0.0254. The average molecular weight is 394 g/mol. The highest BCUT2D eigenvalue weighted by atomic mass is 35.5. The smallest absolute Gasteiger partial charge is 0.220 e. The quantitative estimate of drug-likeness (QED) is 0.789. The fraction of sp³-hybridized carbons (Fsp3) is 0.381. The van der Waals surface area contributed by atoms with Crippen LogP contribution >= 0.6 is 11.6 Å². The molecule has 1 aliphatic rings. The molecule has 0 atom stereocenters. The standard InChI is InChI=1S/C21H22ClF2NO2/c22-16-4-1-3-15(13-16)21(9-11-27-12-10-21)14-25-20(26)8-7-17-18(23)5-2-6-19(17)24/h1-6,13H,7-12,14H2,(H,25,26). The first-order valence-electron chi connectivity index (χ1n) is 9.04. The lowest BCUT2D eigenvalue weighted by atomic mass is 9.74. The summed E-state index contributed by atoms with van der Waals surface area (Å²) in [7, 11) is 0. The predicted molar refractivity (Wildman–Crippen MR) is 101 cm³/mol. The molecule has 144 valence electrons.